The molecule has 0 radical (unpaired) electrons. The second-order valence-corrected chi connectivity index (χ2v) is 5.39. The fourth-order valence-electron chi connectivity index (χ4n) is 2.82. The van der Waals surface area contributed by atoms with Gasteiger partial charge in [0.1, 0.15) is 5.54 Å². The Labute approximate surface area is 105 Å². The number of likely N-dealkylation sites (tertiary alicyclic amines) is 1. The molecule has 1 amide bonds. The molecule has 3 unspecified atom stereocenters. The summed E-state index contributed by atoms with van der Waals surface area (Å²) in [5.41, 5.74) is 4.93. The Morgan fingerprint density at radius 2 is 2.12 bits per heavy atom. The number of primary amides is 1. The van der Waals surface area contributed by atoms with Crippen molar-refractivity contribution in [3.63, 3.8) is 0 Å². The maximum Gasteiger partial charge on any atom is 0.238 e. The molecule has 1 fully saturated rings. The van der Waals surface area contributed by atoms with Crippen LogP contribution in [0.4, 0.5) is 0 Å². The van der Waals surface area contributed by atoms with Gasteiger partial charge < -0.3 is 11.1 Å². The Balaban J connectivity index is 2.75. The quantitative estimate of drug-likeness (QED) is 0.732. The van der Waals surface area contributed by atoms with E-state index >= 15 is 0 Å². The molecule has 0 spiro atoms. The van der Waals surface area contributed by atoms with Crippen molar-refractivity contribution >= 4 is 5.91 Å². The van der Waals surface area contributed by atoms with E-state index in [0.29, 0.717) is 12.1 Å². The van der Waals surface area contributed by atoms with Crippen molar-refractivity contribution in [2.45, 2.75) is 64.6 Å². The number of hydrogen-bond donors (Lipinski definition) is 2. The lowest BCUT2D eigenvalue weighted by molar-refractivity contribution is -0.124. The summed E-state index contributed by atoms with van der Waals surface area (Å²) in [6.07, 6.45) is 3.60. The van der Waals surface area contributed by atoms with Gasteiger partial charge >= 0.3 is 0 Å². The molecule has 1 saturated heterocycles. The maximum atomic E-state index is 11.6. The third-order valence-electron chi connectivity index (χ3n) is 4.03. The predicted octanol–water partition coefficient (Wildman–Crippen LogP) is 1.10. The minimum absolute atomic E-state index is 0.256. The highest BCUT2D eigenvalue weighted by atomic mass is 16.1. The van der Waals surface area contributed by atoms with Crippen molar-refractivity contribution in [3.05, 3.63) is 0 Å². The molecule has 3 N–H and O–H groups in total. The topological polar surface area (TPSA) is 58.4 Å². The summed E-state index contributed by atoms with van der Waals surface area (Å²) in [7, 11) is 0. The average molecular weight is 241 g/mol. The molecule has 4 heteroatoms. The van der Waals surface area contributed by atoms with E-state index in [2.05, 4.69) is 24.1 Å². The van der Waals surface area contributed by atoms with Crippen molar-refractivity contribution in [1.29, 1.82) is 0 Å². The minimum atomic E-state index is -0.610. The SMILES string of the molecule is CCNC(C)(CN1C(C)CCC1CC)C(N)=O. The molecule has 17 heavy (non-hydrogen) atoms. The summed E-state index contributed by atoms with van der Waals surface area (Å²) < 4.78 is 0. The van der Waals surface area contributed by atoms with Crippen molar-refractivity contribution in [3.8, 4) is 0 Å². The fraction of sp³-hybridized carbons (Fsp3) is 0.923. The van der Waals surface area contributed by atoms with Gasteiger partial charge in [-0.15, -0.1) is 0 Å². The Morgan fingerprint density at radius 1 is 1.47 bits per heavy atom. The number of nitrogens with two attached hydrogens (primary N) is 1. The summed E-state index contributed by atoms with van der Waals surface area (Å²) in [5.74, 6) is -0.256. The number of carbonyl (C=O) groups excluding carboxylic acids is 1. The summed E-state index contributed by atoms with van der Waals surface area (Å²) in [5, 5.41) is 3.23. The van der Waals surface area contributed by atoms with Gasteiger partial charge in [0.15, 0.2) is 0 Å². The van der Waals surface area contributed by atoms with Crippen molar-refractivity contribution in [2.75, 3.05) is 13.1 Å². The van der Waals surface area contributed by atoms with E-state index in [4.69, 9.17) is 5.73 Å². The van der Waals surface area contributed by atoms with Crippen molar-refractivity contribution in [2.24, 2.45) is 5.73 Å². The van der Waals surface area contributed by atoms with Crippen molar-refractivity contribution in [1.82, 2.24) is 10.2 Å². The average Bonchev–Trinajstić information content (AvgIpc) is 2.60. The highest BCUT2D eigenvalue weighted by Crippen LogP contribution is 2.27. The van der Waals surface area contributed by atoms with Crippen LogP contribution in [-0.2, 0) is 4.79 Å². The molecular weight excluding hydrogens is 214 g/mol. The number of nitrogens with zero attached hydrogens (tertiary/aromatic N) is 1. The number of amides is 1. The predicted molar refractivity (Wildman–Crippen MR) is 70.8 cm³/mol. The van der Waals surface area contributed by atoms with Gasteiger partial charge in [-0.25, -0.2) is 0 Å². The molecule has 100 valence electrons. The normalized spacial score (nSPS) is 29.2. The zero-order valence-corrected chi connectivity index (χ0v) is 11.6. The van der Waals surface area contributed by atoms with Crippen LogP contribution in [-0.4, -0.2) is 41.5 Å². The number of carbonyl (C=O) groups is 1. The number of nitrogens with one attached hydrogen (secondary N) is 1. The summed E-state index contributed by atoms with van der Waals surface area (Å²) >= 11 is 0. The van der Waals surface area contributed by atoms with E-state index in [1.54, 1.807) is 0 Å². The molecule has 0 bridgehead atoms. The number of rotatable bonds is 6. The third-order valence-corrected chi connectivity index (χ3v) is 4.03. The smallest absolute Gasteiger partial charge is 0.238 e. The van der Waals surface area contributed by atoms with Gasteiger partial charge in [0.2, 0.25) is 5.91 Å². The molecular formula is C13H27N3O. The van der Waals surface area contributed by atoms with Gasteiger partial charge in [-0.2, -0.15) is 0 Å². The number of likely N-dealkylation sites (N-methyl/N-ethyl adjacent to an activating group) is 1. The highest BCUT2D eigenvalue weighted by molar-refractivity contribution is 5.84. The Hall–Kier alpha value is -0.610. The molecule has 1 rings (SSSR count). The first kappa shape index (κ1) is 14.5. The largest absolute Gasteiger partial charge is 0.368 e. The van der Waals surface area contributed by atoms with E-state index in [9.17, 15) is 4.79 Å². The summed E-state index contributed by atoms with van der Waals surface area (Å²) in [6, 6.07) is 1.15. The molecule has 4 nitrogen and oxygen atoms in total. The third kappa shape index (κ3) is 3.19. The highest BCUT2D eigenvalue weighted by Gasteiger charge is 2.38. The summed E-state index contributed by atoms with van der Waals surface area (Å²) in [6.45, 7) is 9.85. The molecule has 0 aromatic rings. The van der Waals surface area contributed by atoms with Crippen LogP contribution in [0.2, 0.25) is 0 Å². The van der Waals surface area contributed by atoms with E-state index in [1.807, 2.05) is 13.8 Å². The molecule has 0 saturated carbocycles. The van der Waals surface area contributed by atoms with Gasteiger partial charge in [0, 0.05) is 18.6 Å². The molecule has 0 aromatic heterocycles. The molecule has 1 heterocycles. The van der Waals surface area contributed by atoms with E-state index in [-0.39, 0.29) is 5.91 Å². The summed E-state index contributed by atoms with van der Waals surface area (Å²) in [4.78, 5) is 14.1. The van der Waals surface area contributed by atoms with Crippen LogP contribution in [0.15, 0.2) is 0 Å². The second kappa shape index (κ2) is 5.83. The first-order valence-corrected chi connectivity index (χ1v) is 6.75. The van der Waals surface area contributed by atoms with Crippen LogP contribution in [0, 0.1) is 0 Å². The monoisotopic (exact) mass is 241 g/mol. The van der Waals surface area contributed by atoms with Crippen LogP contribution in [0.3, 0.4) is 0 Å². The molecule has 1 aliphatic rings. The molecule has 3 atom stereocenters. The Kier molecular flexibility index (Phi) is 4.95. The van der Waals surface area contributed by atoms with Gasteiger partial charge in [-0.3, -0.25) is 9.69 Å². The van der Waals surface area contributed by atoms with Crippen LogP contribution in [0.5, 0.6) is 0 Å². The van der Waals surface area contributed by atoms with Crippen LogP contribution >= 0.6 is 0 Å². The number of hydrogen-bond acceptors (Lipinski definition) is 3. The minimum Gasteiger partial charge on any atom is -0.368 e. The van der Waals surface area contributed by atoms with Crippen molar-refractivity contribution < 1.29 is 4.79 Å². The lowest BCUT2D eigenvalue weighted by Crippen LogP contribution is -2.60. The van der Waals surface area contributed by atoms with Crippen LogP contribution in [0.1, 0.15) is 47.0 Å². The Bertz CT molecular complexity index is 269. The zero-order chi connectivity index (χ0) is 13.1. The first-order chi connectivity index (χ1) is 7.94. The lowest BCUT2D eigenvalue weighted by atomic mass is 9.99. The van der Waals surface area contributed by atoms with Gasteiger partial charge in [-0.05, 0) is 39.7 Å². The second-order valence-electron chi connectivity index (χ2n) is 5.39. The van der Waals surface area contributed by atoms with E-state index < -0.39 is 5.54 Å². The first-order valence-electron chi connectivity index (χ1n) is 6.75. The molecule has 1 aliphatic heterocycles. The van der Waals surface area contributed by atoms with Gasteiger partial charge in [0.25, 0.3) is 0 Å². The van der Waals surface area contributed by atoms with Gasteiger partial charge in [0.05, 0.1) is 0 Å². The fourth-order valence-corrected chi connectivity index (χ4v) is 2.82. The van der Waals surface area contributed by atoms with E-state index in [0.717, 1.165) is 19.5 Å². The van der Waals surface area contributed by atoms with E-state index in [1.165, 1.54) is 12.8 Å². The lowest BCUT2D eigenvalue weighted by Gasteiger charge is -2.36. The molecule has 0 aliphatic carbocycles. The standard InChI is InChI=1S/C13H27N3O/c1-5-11-8-7-10(3)16(11)9-13(4,12(14)17)15-6-2/h10-11,15H,5-9H2,1-4H3,(H2,14,17). The zero-order valence-electron chi connectivity index (χ0n) is 11.6. The van der Waals surface area contributed by atoms with Crippen LogP contribution in [0.25, 0.3) is 0 Å². The Morgan fingerprint density at radius 3 is 2.59 bits per heavy atom. The van der Waals surface area contributed by atoms with Gasteiger partial charge in [-0.1, -0.05) is 13.8 Å². The maximum absolute atomic E-state index is 11.6. The molecule has 0 aromatic carbocycles. The van der Waals surface area contributed by atoms with Crippen LogP contribution < -0.4 is 11.1 Å².